The Morgan fingerprint density at radius 1 is 1.42 bits per heavy atom. The van der Waals surface area contributed by atoms with Crippen LogP contribution in [-0.2, 0) is 29.4 Å². The fourth-order valence-electron chi connectivity index (χ4n) is 3.07. The van der Waals surface area contributed by atoms with E-state index in [-0.39, 0.29) is 23.8 Å². The molecule has 1 aliphatic rings. The van der Waals surface area contributed by atoms with Crippen molar-refractivity contribution in [3.05, 3.63) is 22.4 Å². The smallest absolute Gasteiger partial charge is 0.354 e. The average Bonchev–Trinajstić information content (AvgIpc) is 3.13. The van der Waals surface area contributed by atoms with Crippen molar-refractivity contribution >= 4 is 30.9 Å². The van der Waals surface area contributed by atoms with Gasteiger partial charge in [0.05, 0.1) is 18.7 Å². The van der Waals surface area contributed by atoms with Crippen molar-refractivity contribution in [1.29, 1.82) is 5.26 Å². The summed E-state index contributed by atoms with van der Waals surface area (Å²) in [5.41, 5.74) is 8.25. The van der Waals surface area contributed by atoms with Gasteiger partial charge in [-0.2, -0.15) is 5.26 Å². The van der Waals surface area contributed by atoms with E-state index in [1.165, 1.54) is 4.57 Å². The molecule has 2 aromatic heterocycles. The van der Waals surface area contributed by atoms with Crippen molar-refractivity contribution in [2.75, 3.05) is 12.3 Å². The molecule has 0 radical (unpaired) electrons. The van der Waals surface area contributed by atoms with Gasteiger partial charge in [-0.1, -0.05) is 19.6 Å². The molecule has 0 atom stereocenters. The molecule has 3 rings (SSSR count). The van der Waals surface area contributed by atoms with Crippen LogP contribution in [0.3, 0.4) is 0 Å². The van der Waals surface area contributed by atoms with Crippen LogP contribution >= 0.6 is 0 Å². The lowest BCUT2D eigenvalue weighted by Gasteiger charge is -2.16. The van der Waals surface area contributed by atoms with Gasteiger partial charge in [0.15, 0.2) is 0 Å². The molecular formula is C17H22N4O4Si. The van der Waals surface area contributed by atoms with E-state index in [0.29, 0.717) is 30.9 Å². The Kier molecular flexibility index (Phi) is 4.75. The van der Waals surface area contributed by atoms with Crippen molar-refractivity contribution < 1.29 is 19.4 Å². The van der Waals surface area contributed by atoms with Crippen LogP contribution in [-0.4, -0.2) is 35.3 Å². The number of nitrogens with zero attached hydrogens (tertiary/aromatic N) is 3. The van der Waals surface area contributed by atoms with Gasteiger partial charge in [-0.05, 0) is 6.04 Å². The number of rotatable bonds is 6. The normalized spacial score (nSPS) is 13.8. The van der Waals surface area contributed by atoms with Gasteiger partial charge in [0.1, 0.15) is 35.4 Å². The van der Waals surface area contributed by atoms with Gasteiger partial charge >= 0.3 is 5.97 Å². The fraction of sp³-hybridized carbons (Fsp3) is 0.471. The van der Waals surface area contributed by atoms with Gasteiger partial charge in [0.25, 0.3) is 0 Å². The monoisotopic (exact) mass is 374 g/mol. The van der Waals surface area contributed by atoms with Crippen LogP contribution in [0, 0.1) is 11.3 Å². The molecule has 0 unspecified atom stereocenters. The van der Waals surface area contributed by atoms with E-state index in [1.807, 2.05) is 6.07 Å². The summed E-state index contributed by atoms with van der Waals surface area (Å²) in [6.07, 6.45) is 0. The molecule has 0 amide bonds. The zero-order valence-corrected chi connectivity index (χ0v) is 16.1. The van der Waals surface area contributed by atoms with Crippen LogP contribution in [0.25, 0.3) is 11.0 Å². The van der Waals surface area contributed by atoms with Gasteiger partial charge in [-0.25, -0.2) is 9.78 Å². The molecule has 0 aromatic carbocycles. The number of hydrogen-bond acceptors (Lipinski definition) is 6. The van der Waals surface area contributed by atoms with E-state index in [4.69, 9.17) is 15.2 Å². The van der Waals surface area contributed by atoms with Crippen LogP contribution in [0.1, 0.15) is 27.2 Å². The van der Waals surface area contributed by atoms with Gasteiger partial charge in [-0.15, -0.1) is 0 Å². The Labute approximate surface area is 152 Å². The third kappa shape index (κ3) is 3.19. The van der Waals surface area contributed by atoms with Crippen molar-refractivity contribution in [1.82, 2.24) is 9.55 Å². The van der Waals surface area contributed by atoms with Crippen LogP contribution in [0.5, 0.6) is 0 Å². The highest BCUT2D eigenvalue weighted by Crippen LogP contribution is 2.35. The van der Waals surface area contributed by atoms with E-state index in [9.17, 15) is 15.2 Å². The number of carboxylic acids is 1. The zero-order valence-electron chi connectivity index (χ0n) is 15.1. The van der Waals surface area contributed by atoms with Crippen molar-refractivity contribution in [2.24, 2.45) is 0 Å². The molecule has 0 saturated carbocycles. The van der Waals surface area contributed by atoms with Crippen LogP contribution in [0.4, 0.5) is 5.82 Å². The Bertz CT molecular complexity index is 924. The number of aromatic carboxylic acids is 1. The number of ether oxygens (including phenoxy) is 2. The molecular weight excluding hydrogens is 352 g/mol. The molecule has 0 spiro atoms. The largest absolute Gasteiger partial charge is 0.477 e. The number of fused-ring (bicyclic) bond motifs is 3. The molecule has 26 heavy (non-hydrogen) atoms. The molecule has 2 aromatic rings. The Morgan fingerprint density at radius 2 is 2.12 bits per heavy atom. The minimum Gasteiger partial charge on any atom is -0.477 e. The van der Waals surface area contributed by atoms with Gasteiger partial charge in [-0.3, -0.25) is 0 Å². The second kappa shape index (κ2) is 6.72. The molecule has 0 bridgehead atoms. The molecule has 0 saturated heterocycles. The first-order valence-electron chi connectivity index (χ1n) is 8.37. The summed E-state index contributed by atoms with van der Waals surface area (Å²) in [7, 11) is -1.26. The standard InChI is InChI=1S/C17H22N4O4Si/c1-26(2,3)5-4-24-9-21-14-11-7-25-8-12(11)16(19)20-13(14)10(6-18)15(21)17(22)23/h4-5,7-9H2,1-3H3,(H2,19,20)(H,22,23). The summed E-state index contributed by atoms with van der Waals surface area (Å²) < 4.78 is 12.8. The number of nitriles is 1. The maximum absolute atomic E-state index is 11.8. The van der Waals surface area contributed by atoms with Gasteiger partial charge in [0.2, 0.25) is 0 Å². The number of carboxylic acid groups (broad SMARTS) is 1. The third-order valence-corrected chi connectivity index (χ3v) is 6.16. The van der Waals surface area contributed by atoms with E-state index in [0.717, 1.165) is 17.2 Å². The lowest BCUT2D eigenvalue weighted by molar-refractivity contribution is 0.0629. The third-order valence-electron chi connectivity index (χ3n) is 4.45. The van der Waals surface area contributed by atoms with E-state index < -0.39 is 14.0 Å². The lowest BCUT2D eigenvalue weighted by Crippen LogP contribution is -2.22. The number of aromatic nitrogens is 2. The Hall–Kier alpha value is -2.41. The van der Waals surface area contributed by atoms with E-state index in [1.54, 1.807) is 0 Å². The second-order valence-corrected chi connectivity index (χ2v) is 13.2. The fourth-order valence-corrected chi connectivity index (χ4v) is 3.83. The van der Waals surface area contributed by atoms with Crippen molar-refractivity contribution in [3.8, 4) is 6.07 Å². The van der Waals surface area contributed by atoms with Crippen molar-refractivity contribution in [2.45, 2.75) is 45.6 Å². The zero-order chi connectivity index (χ0) is 19.1. The molecule has 0 aliphatic carbocycles. The molecule has 8 nitrogen and oxygen atoms in total. The van der Waals surface area contributed by atoms with E-state index in [2.05, 4.69) is 24.6 Å². The summed E-state index contributed by atoms with van der Waals surface area (Å²) in [5, 5.41) is 19.2. The summed E-state index contributed by atoms with van der Waals surface area (Å²) in [4.78, 5) is 16.1. The van der Waals surface area contributed by atoms with Crippen LogP contribution in [0.15, 0.2) is 0 Å². The van der Waals surface area contributed by atoms with Crippen LogP contribution in [0.2, 0.25) is 25.7 Å². The Morgan fingerprint density at radius 3 is 2.73 bits per heavy atom. The van der Waals surface area contributed by atoms with Crippen LogP contribution < -0.4 is 5.73 Å². The predicted octanol–water partition coefficient (Wildman–Crippen LogP) is 2.53. The van der Waals surface area contributed by atoms with Gasteiger partial charge < -0.3 is 24.9 Å². The number of nitrogen functional groups attached to an aromatic ring is 1. The van der Waals surface area contributed by atoms with Crippen molar-refractivity contribution in [3.63, 3.8) is 0 Å². The molecule has 3 heterocycles. The summed E-state index contributed by atoms with van der Waals surface area (Å²) >= 11 is 0. The number of nitrogens with two attached hydrogens (primary N) is 1. The lowest BCUT2D eigenvalue weighted by atomic mass is 10.1. The highest BCUT2D eigenvalue weighted by atomic mass is 28.3. The molecule has 138 valence electrons. The predicted molar refractivity (Wildman–Crippen MR) is 98.4 cm³/mol. The number of pyridine rings is 1. The molecule has 9 heteroatoms. The first kappa shape index (κ1) is 18.4. The summed E-state index contributed by atoms with van der Waals surface area (Å²) in [6, 6.07) is 2.93. The van der Waals surface area contributed by atoms with E-state index >= 15 is 0 Å². The minimum atomic E-state index is -1.26. The maximum atomic E-state index is 11.8. The first-order valence-corrected chi connectivity index (χ1v) is 12.1. The quantitative estimate of drug-likeness (QED) is 0.588. The number of hydrogen-bond donors (Lipinski definition) is 2. The SMILES string of the molecule is C[Si](C)(C)CCOCn1c(C(=O)O)c(C#N)c2nc(N)c3c(c21)COC3. The molecule has 3 N–H and O–H groups in total. The second-order valence-electron chi connectivity index (χ2n) is 7.56. The first-order chi connectivity index (χ1) is 12.2. The maximum Gasteiger partial charge on any atom is 0.354 e. The average molecular weight is 374 g/mol. The highest BCUT2D eigenvalue weighted by molar-refractivity contribution is 6.76. The summed E-state index contributed by atoms with van der Waals surface area (Å²) in [5.74, 6) is -0.921. The summed E-state index contributed by atoms with van der Waals surface area (Å²) in [6.45, 7) is 7.95. The molecule has 1 aliphatic heterocycles. The number of anilines is 1. The Balaban J connectivity index is 2.11. The molecule has 0 fully saturated rings. The topological polar surface area (TPSA) is 123 Å². The number of carbonyl (C=O) groups is 1. The van der Waals surface area contributed by atoms with Gasteiger partial charge in [0, 0.05) is 25.8 Å². The highest BCUT2D eigenvalue weighted by Gasteiger charge is 2.30. The minimum absolute atomic E-state index is 0.00250.